The number of Topliss-reactive ketones (excluding diaryl/α,β-unsaturated/α-hetero) is 1. The number of nitrogens with zero attached hydrogens (tertiary/aromatic N) is 2. The Morgan fingerprint density at radius 3 is 2.84 bits per heavy atom. The van der Waals surface area contributed by atoms with E-state index in [2.05, 4.69) is 5.10 Å². The summed E-state index contributed by atoms with van der Waals surface area (Å²) in [5, 5.41) is 4.25. The molecule has 1 aromatic carbocycles. The second-order valence-electron chi connectivity index (χ2n) is 5.02. The summed E-state index contributed by atoms with van der Waals surface area (Å²) in [6.45, 7) is 2.53. The molecule has 1 aliphatic heterocycles. The lowest BCUT2D eigenvalue weighted by molar-refractivity contribution is 0.0213. The van der Waals surface area contributed by atoms with Gasteiger partial charge in [-0.15, -0.1) is 0 Å². The molecule has 0 bridgehead atoms. The van der Waals surface area contributed by atoms with Gasteiger partial charge in [-0.2, -0.15) is 5.10 Å². The van der Waals surface area contributed by atoms with E-state index in [-0.39, 0.29) is 5.78 Å². The number of hydrogen-bond acceptors (Lipinski definition) is 3. The number of para-hydroxylation sites is 1. The van der Waals surface area contributed by atoms with Crippen LogP contribution in [0.15, 0.2) is 42.7 Å². The second kappa shape index (κ2) is 4.63. The molecule has 1 aliphatic rings. The van der Waals surface area contributed by atoms with Crippen LogP contribution in [0.2, 0.25) is 0 Å². The molecule has 1 unspecified atom stereocenters. The summed E-state index contributed by atoms with van der Waals surface area (Å²) in [6.07, 6.45) is 5.10. The van der Waals surface area contributed by atoms with Gasteiger partial charge in [-0.3, -0.25) is 4.79 Å². The first-order valence-electron chi connectivity index (χ1n) is 6.48. The van der Waals surface area contributed by atoms with Crippen LogP contribution in [0, 0.1) is 0 Å². The fraction of sp³-hybridized carbons (Fsp3) is 0.333. The van der Waals surface area contributed by atoms with Gasteiger partial charge in [-0.25, -0.2) is 4.68 Å². The van der Waals surface area contributed by atoms with Crippen molar-refractivity contribution in [2.45, 2.75) is 25.4 Å². The molecule has 19 heavy (non-hydrogen) atoms. The van der Waals surface area contributed by atoms with Gasteiger partial charge >= 0.3 is 0 Å². The molecule has 98 valence electrons. The minimum absolute atomic E-state index is 0.0205. The molecular weight excluding hydrogens is 240 g/mol. The van der Waals surface area contributed by atoms with Crippen molar-refractivity contribution in [2.24, 2.45) is 0 Å². The van der Waals surface area contributed by atoms with Crippen molar-refractivity contribution in [3.05, 3.63) is 48.3 Å². The van der Waals surface area contributed by atoms with Gasteiger partial charge in [0.15, 0.2) is 5.78 Å². The summed E-state index contributed by atoms with van der Waals surface area (Å²) in [6, 6.07) is 9.75. The van der Waals surface area contributed by atoms with Crippen LogP contribution in [0.5, 0.6) is 0 Å². The van der Waals surface area contributed by atoms with Crippen LogP contribution in [0.1, 0.15) is 30.1 Å². The van der Waals surface area contributed by atoms with Gasteiger partial charge in [0.05, 0.1) is 17.4 Å². The Kier molecular flexibility index (Phi) is 2.95. The number of ether oxygens (including phenoxy) is 1. The van der Waals surface area contributed by atoms with Crippen molar-refractivity contribution < 1.29 is 9.53 Å². The van der Waals surface area contributed by atoms with Crippen LogP contribution in [-0.4, -0.2) is 27.8 Å². The topological polar surface area (TPSA) is 44.1 Å². The van der Waals surface area contributed by atoms with Crippen LogP contribution in [0.3, 0.4) is 0 Å². The Bertz CT molecular complexity index is 583. The quantitative estimate of drug-likeness (QED) is 0.793. The van der Waals surface area contributed by atoms with Crippen molar-refractivity contribution in [1.29, 1.82) is 0 Å². The molecule has 0 radical (unpaired) electrons. The highest BCUT2D eigenvalue weighted by Crippen LogP contribution is 2.29. The summed E-state index contributed by atoms with van der Waals surface area (Å²) in [4.78, 5) is 12.4. The standard InChI is InChI=1S/C15H16N2O2/c1-15(8-5-9-19-15)14(18)12-10-16-17(11-12)13-6-3-2-4-7-13/h2-4,6-7,10-11H,5,8-9H2,1H3. The van der Waals surface area contributed by atoms with Gasteiger partial charge in [0.1, 0.15) is 5.60 Å². The van der Waals surface area contributed by atoms with Crippen LogP contribution in [0.25, 0.3) is 5.69 Å². The number of hydrogen-bond donors (Lipinski definition) is 0. The van der Waals surface area contributed by atoms with Crippen molar-refractivity contribution in [3.63, 3.8) is 0 Å². The number of aromatic nitrogens is 2. The fourth-order valence-electron chi connectivity index (χ4n) is 2.43. The number of rotatable bonds is 3. The fourth-order valence-corrected chi connectivity index (χ4v) is 2.43. The van der Waals surface area contributed by atoms with Crippen LogP contribution >= 0.6 is 0 Å². The molecule has 0 spiro atoms. The van der Waals surface area contributed by atoms with Gasteiger partial charge in [0, 0.05) is 12.8 Å². The molecule has 2 heterocycles. The molecule has 3 rings (SSSR count). The maximum absolute atomic E-state index is 12.4. The molecule has 2 aromatic rings. The molecule has 0 aliphatic carbocycles. The minimum atomic E-state index is -0.676. The number of ketones is 1. The van der Waals surface area contributed by atoms with Gasteiger partial charge in [0.2, 0.25) is 0 Å². The summed E-state index contributed by atoms with van der Waals surface area (Å²) < 4.78 is 7.30. The molecule has 0 amide bonds. The predicted octanol–water partition coefficient (Wildman–Crippen LogP) is 2.62. The van der Waals surface area contributed by atoms with E-state index in [1.54, 1.807) is 17.1 Å². The first-order chi connectivity index (χ1) is 9.19. The molecule has 1 atom stereocenters. The molecule has 0 saturated carbocycles. The van der Waals surface area contributed by atoms with Crippen LogP contribution in [0.4, 0.5) is 0 Å². The molecule has 1 saturated heterocycles. The van der Waals surface area contributed by atoms with E-state index in [4.69, 9.17) is 4.74 Å². The zero-order valence-electron chi connectivity index (χ0n) is 10.9. The lowest BCUT2D eigenvalue weighted by Crippen LogP contribution is -2.34. The molecule has 1 aromatic heterocycles. The van der Waals surface area contributed by atoms with Crippen molar-refractivity contribution >= 4 is 5.78 Å². The number of carbonyl (C=O) groups is 1. The molecule has 0 N–H and O–H groups in total. The lowest BCUT2D eigenvalue weighted by Gasteiger charge is -2.20. The zero-order valence-corrected chi connectivity index (χ0v) is 10.9. The van der Waals surface area contributed by atoms with E-state index >= 15 is 0 Å². The largest absolute Gasteiger partial charge is 0.367 e. The SMILES string of the molecule is CC1(C(=O)c2cnn(-c3ccccc3)c2)CCCO1. The minimum Gasteiger partial charge on any atom is -0.367 e. The number of carbonyl (C=O) groups excluding carboxylic acids is 1. The van der Waals surface area contributed by atoms with E-state index in [0.29, 0.717) is 12.2 Å². The summed E-state index contributed by atoms with van der Waals surface area (Å²) >= 11 is 0. The predicted molar refractivity (Wildman–Crippen MR) is 71.5 cm³/mol. The molecule has 4 heteroatoms. The normalized spacial score (nSPS) is 22.6. The highest BCUT2D eigenvalue weighted by atomic mass is 16.5. The monoisotopic (exact) mass is 256 g/mol. The Labute approximate surface area is 112 Å². The smallest absolute Gasteiger partial charge is 0.197 e. The Morgan fingerprint density at radius 1 is 1.37 bits per heavy atom. The van der Waals surface area contributed by atoms with Gasteiger partial charge in [-0.1, -0.05) is 18.2 Å². The average molecular weight is 256 g/mol. The maximum Gasteiger partial charge on any atom is 0.197 e. The van der Waals surface area contributed by atoms with E-state index in [9.17, 15) is 4.79 Å². The molecule has 1 fully saturated rings. The van der Waals surface area contributed by atoms with E-state index in [1.807, 2.05) is 37.3 Å². The zero-order chi connectivity index (χ0) is 13.3. The first kappa shape index (κ1) is 12.1. The third-order valence-corrected chi connectivity index (χ3v) is 3.56. The Balaban J connectivity index is 1.88. The van der Waals surface area contributed by atoms with Gasteiger partial charge in [-0.05, 0) is 31.9 Å². The third kappa shape index (κ3) is 2.19. The average Bonchev–Trinajstić information content (AvgIpc) is 3.09. The Hall–Kier alpha value is -1.94. The summed E-state index contributed by atoms with van der Waals surface area (Å²) in [7, 11) is 0. The highest BCUT2D eigenvalue weighted by molar-refractivity contribution is 6.02. The summed E-state index contributed by atoms with van der Waals surface area (Å²) in [5.74, 6) is 0.0205. The lowest BCUT2D eigenvalue weighted by atomic mass is 9.94. The second-order valence-corrected chi connectivity index (χ2v) is 5.02. The van der Waals surface area contributed by atoms with Crippen LogP contribution in [-0.2, 0) is 4.74 Å². The number of benzene rings is 1. The summed E-state index contributed by atoms with van der Waals surface area (Å²) in [5.41, 5.74) is 0.872. The highest BCUT2D eigenvalue weighted by Gasteiger charge is 2.38. The van der Waals surface area contributed by atoms with Gasteiger partial charge in [0.25, 0.3) is 0 Å². The van der Waals surface area contributed by atoms with Crippen molar-refractivity contribution in [3.8, 4) is 5.69 Å². The van der Waals surface area contributed by atoms with Crippen molar-refractivity contribution in [2.75, 3.05) is 6.61 Å². The third-order valence-electron chi connectivity index (χ3n) is 3.56. The van der Waals surface area contributed by atoms with Gasteiger partial charge < -0.3 is 4.74 Å². The maximum atomic E-state index is 12.4. The van der Waals surface area contributed by atoms with Crippen molar-refractivity contribution in [1.82, 2.24) is 9.78 Å². The first-order valence-corrected chi connectivity index (χ1v) is 6.48. The van der Waals surface area contributed by atoms with Crippen LogP contribution < -0.4 is 0 Å². The molecule has 4 nitrogen and oxygen atoms in total. The van der Waals surface area contributed by atoms with E-state index < -0.39 is 5.60 Å². The van der Waals surface area contributed by atoms with E-state index in [0.717, 1.165) is 18.5 Å². The Morgan fingerprint density at radius 2 is 2.16 bits per heavy atom. The van der Waals surface area contributed by atoms with E-state index in [1.165, 1.54) is 0 Å². The molecular formula is C15H16N2O2.